The molecule has 6 nitrogen and oxygen atoms in total. The average molecular weight is 277 g/mol. The minimum Gasteiger partial charge on any atom is -0.476 e. The number of carbonyl (C=O) groups excluding carboxylic acids is 1. The van der Waals surface area contributed by atoms with Crippen molar-refractivity contribution in [2.24, 2.45) is 0 Å². The number of carboxylic acids is 1. The molecule has 0 aliphatic rings. The van der Waals surface area contributed by atoms with Crippen LogP contribution in [0.5, 0.6) is 0 Å². The molecule has 0 saturated heterocycles. The Labute approximate surface area is 113 Å². The number of nitrogens with zero attached hydrogens (tertiary/aromatic N) is 1. The zero-order valence-electron chi connectivity index (χ0n) is 9.79. The highest BCUT2D eigenvalue weighted by molar-refractivity contribution is 7.07. The number of carboxylic acid groups (broad SMARTS) is 1. The third-order valence-corrected chi connectivity index (χ3v) is 3.02. The molecule has 3 N–H and O–H groups in total. The van der Waals surface area contributed by atoms with Crippen LogP contribution in [-0.4, -0.2) is 22.1 Å². The van der Waals surface area contributed by atoms with Gasteiger partial charge in [-0.25, -0.2) is 14.6 Å². The summed E-state index contributed by atoms with van der Waals surface area (Å²) in [5.74, 6) is -1.19. The van der Waals surface area contributed by atoms with Crippen LogP contribution in [0.25, 0.3) is 0 Å². The van der Waals surface area contributed by atoms with Crippen molar-refractivity contribution in [3.63, 3.8) is 0 Å². The van der Waals surface area contributed by atoms with Crippen LogP contribution >= 0.6 is 11.3 Å². The summed E-state index contributed by atoms with van der Waals surface area (Å²) in [4.78, 5) is 26.3. The van der Waals surface area contributed by atoms with Crippen LogP contribution in [-0.2, 0) is 6.54 Å². The van der Waals surface area contributed by atoms with Gasteiger partial charge in [-0.05, 0) is 34.5 Å². The monoisotopic (exact) mass is 277 g/mol. The fourth-order valence-corrected chi connectivity index (χ4v) is 2.09. The normalized spacial score (nSPS) is 9.89. The van der Waals surface area contributed by atoms with Crippen LogP contribution in [0.2, 0.25) is 0 Å². The lowest BCUT2D eigenvalue weighted by Crippen LogP contribution is -2.28. The molecular formula is C12H11N3O3S. The zero-order chi connectivity index (χ0) is 13.7. The van der Waals surface area contributed by atoms with Crippen LogP contribution in [0, 0.1) is 0 Å². The summed E-state index contributed by atoms with van der Waals surface area (Å²) >= 11 is 1.54. The smallest absolute Gasteiger partial charge is 0.356 e. The summed E-state index contributed by atoms with van der Waals surface area (Å²) in [5.41, 5.74) is 0.968. The maximum Gasteiger partial charge on any atom is 0.356 e. The summed E-state index contributed by atoms with van der Waals surface area (Å²) in [6, 6.07) is 4.47. The number of pyridine rings is 1. The van der Waals surface area contributed by atoms with E-state index < -0.39 is 12.0 Å². The maximum atomic E-state index is 11.6. The van der Waals surface area contributed by atoms with E-state index in [0.717, 1.165) is 5.56 Å². The number of amides is 2. The van der Waals surface area contributed by atoms with Gasteiger partial charge in [0.1, 0.15) is 0 Å². The number of urea groups is 1. The molecule has 0 fully saturated rings. The van der Waals surface area contributed by atoms with Crippen molar-refractivity contribution in [3.05, 3.63) is 46.4 Å². The molecule has 0 aliphatic heterocycles. The average Bonchev–Trinajstić information content (AvgIpc) is 2.90. The number of hydrogen-bond acceptors (Lipinski definition) is 4. The van der Waals surface area contributed by atoms with Gasteiger partial charge in [0.2, 0.25) is 0 Å². The second kappa shape index (κ2) is 5.96. The molecule has 0 aromatic carbocycles. The van der Waals surface area contributed by atoms with E-state index in [9.17, 15) is 9.59 Å². The Hall–Kier alpha value is -2.41. The minimum absolute atomic E-state index is 0.165. The van der Waals surface area contributed by atoms with Crippen molar-refractivity contribution in [3.8, 4) is 0 Å². The van der Waals surface area contributed by atoms with Gasteiger partial charge in [-0.3, -0.25) is 0 Å². The molecule has 2 rings (SSSR count). The first kappa shape index (κ1) is 13.0. The predicted octanol–water partition coefficient (Wildman–Crippen LogP) is 2.16. The van der Waals surface area contributed by atoms with Gasteiger partial charge in [0.25, 0.3) is 0 Å². The molecule has 2 heterocycles. The van der Waals surface area contributed by atoms with Gasteiger partial charge in [-0.15, -0.1) is 0 Å². The highest BCUT2D eigenvalue weighted by Crippen LogP contribution is 2.12. The standard InChI is InChI=1S/C12H11N3O3S/c16-11(17)10-9(2-1-4-13-10)15-12(18)14-6-8-3-5-19-7-8/h1-5,7H,6H2,(H,16,17)(H2,14,15,18). The fraction of sp³-hybridized carbons (Fsp3) is 0.0833. The number of aromatic nitrogens is 1. The van der Waals surface area contributed by atoms with Crippen molar-refractivity contribution in [1.29, 1.82) is 0 Å². The molecule has 2 amide bonds. The van der Waals surface area contributed by atoms with Crippen molar-refractivity contribution in [1.82, 2.24) is 10.3 Å². The molecule has 0 aliphatic carbocycles. The molecule has 2 aromatic heterocycles. The van der Waals surface area contributed by atoms with Gasteiger partial charge in [0.15, 0.2) is 5.69 Å². The van der Waals surface area contributed by atoms with E-state index in [1.54, 1.807) is 17.4 Å². The molecule has 0 radical (unpaired) electrons. The molecule has 0 saturated carbocycles. The lowest BCUT2D eigenvalue weighted by molar-refractivity contribution is 0.0692. The van der Waals surface area contributed by atoms with Crippen LogP contribution in [0.3, 0.4) is 0 Å². The largest absolute Gasteiger partial charge is 0.476 e. The van der Waals surface area contributed by atoms with E-state index in [0.29, 0.717) is 6.54 Å². The summed E-state index contributed by atoms with van der Waals surface area (Å²) in [6.45, 7) is 0.387. The van der Waals surface area contributed by atoms with E-state index in [-0.39, 0.29) is 11.4 Å². The molecule has 0 bridgehead atoms. The molecular weight excluding hydrogens is 266 g/mol. The molecule has 2 aromatic rings. The Morgan fingerprint density at radius 3 is 2.89 bits per heavy atom. The summed E-state index contributed by atoms with van der Waals surface area (Å²) in [6.07, 6.45) is 1.36. The number of thiophene rings is 1. The fourth-order valence-electron chi connectivity index (χ4n) is 1.42. The highest BCUT2D eigenvalue weighted by atomic mass is 32.1. The van der Waals surface area contributed by atoms with E-state index in [2.05, 4.69) is 15.6 Å². The first-order chi connectivity index (χ1) is 9.16. The quantitative estimate of drug-likeness (QED) is 0.798. The Morgan fingerprint density at radius 1 is 1.37 bits per heavy atom. The number of rotatable bonds is 4. The number of aromatic carboxylic acids is 1. The number of anilines is 1. The summed E-state index contributed by atoms with van der Waals surface area (Å²) in [5, 5.41) is 17.9. The van der Waals surface area contributed by atoms with Crippen molar-refractivity contribution in [2.45, 2.75) is 6.54 Å². The first-order valence-electron chi connectivity index (χ1n) is 5.41. The minimum atomic E-state index is -1.19. The summed E-state index contributed by atoms with van der Waals surface area (Å²) in [7, 11) is 0. The van der Waals surface area contributed by atoms with Gasteiger partial charge >= 0.3 is 12.0 Å². The van der Waals surface area contributed by atoms with Gasteiger partial charge in [0, 0.05) is 12.7 Å². The van der Waals surface area contributed by atoms with Crippen LogP contribution in [0.1, 0.15) is 16.1 Å². The highest BCUT2D eigenvalue weighted by Gasteiger charge is 2.12. The zero-order valence-corrected chi connectivity index (χ0v) is 10.6. The number of nitrogens with one attached hydrogen (secondary N) is 2. The maximum absolute atomic E-state index is 11.6. The predicted molar refractivity (Wildman–Crippen MR) is 71.4 cm³/mol. The van der Waals surface area contributed by atoms with Gasteiger partial charge in [-0.1, -0.05) is 0 Å². The second-order valence-corrected chi connectivity index (χ2v) is 4.42. The molecule has 98 valence electrons. The van der Waals surface area contributed by atoms with E-state index in [4.69, 9.17) is 5.11 Å². The van der Waals surface area contributed by atoms with Crippen molar-refractivity contribution in [2.75, 3.05) is 5.32 Å². The number of hydrogen-bond donors (Lipinski definition) is 3. The molecule has 0 atom stereocenters. The molecule has 7 heteroatoms. The Kier molecular flexibility index (Phi) is 4.09. The summed E-state index contributed by atoms with van der Waals surface area (Å²) < 4.78 is 0. The topological polar surface area (TPSA) is 91.3 Å². The number of carbonyl (C=O) groups is 2. The van der Waals surface area contributed by atoms with Gasteiger partial charge < -0.3 is 15.7 Å². The van der Waals surface area contributed by atoms with Crippen molar-refractivity contribution < 1.29 is 14.7 Å². The third-order valence-electron chi connectivity index (χ3n) is 2.29. The third kappa shape index (κ3) is 3.52. The Balaban J connectivity index is 1.97. The van der Waals surface area contributed by atoms with E-state index in [1.807, 2.05) is 16.8 Å². The van der Waals surface area contributed by atoms with E-state index in [1.165, 1.54) is 12.3 Å². The molecule has 0 unspecified atom stereocenters. The lowest BCUT2D eigenvalue weighted by Gasteiger charge is -2.08. The lowest BCUT2D eigenvalue weighted by atomic mass is 10.3. The SMILES string of the molecule is O=C(NCc1ccsc1)Nc1cccnc1C(=O)O. The first-order valence-corrected chi connectivity index (χ1v) is 6.35. The van der Waals surface area contributed by atoms with Crippen molar-refractivity contribution >= 4 is 29.0 Å². The van der Waals surface area contributed by atoms with Crippen LogP contribution in [0.15, 0.2) is 35.2 Å². The van der Waals surface area contributed by atoms with E-state index >= 15 is 0 Å². The molecule has 19 heavy (non-hydrogen) atoms. The molecule has 0 spiro atoms. The van der Waals surface area contributed by atoms with Crippen LogP contribution < -0.4 is 10.6 Å². The Bertz CT molecular complexity index is 584. The second-order valence-electron chi connectivity index (χ2n) is 3.64. The van der Waals surface area contributed by atoms with Gasteiger partial charge in [-0.2, -0.15) is 11.3 Å². The Morgan fingerprint density at radius 2 is 2.21 bits per heavy atom. The van der Waals surface area contributed by atoms with Gasteiger partial charge in [0.05, 0.1) is 5.69 Å². The van der Waals surface area contributed by atoms with Crippen LogP contribution in [0.4, 0.5) is 10.5 Å².